The lowest BCUT2D eigenvalue weighted by Gasteiger charge is -2.14. The van der Waals surface area contributed by atoms with Crippen molar-refractivity contribution >= 4 is 21.6 Å². The number of fused-ring (bicyclic) bond motifs is 1. The maximum absolute atomic E-state index is 9.29. The van der Waals surface area contributed by atoms with Crippen LogP contribution < -0.4 is 0 Å². The van der Waals surface area contributed by atoms with Gasteiger partial charge in [-0.25, -0.2) is 9.97 Å². The molecule has 7 nitrogen and oxygen atoms in total. The van der Waals surface area contributed by atoms with E-state index in [-0.39, 0.29) is 5.82 Å². The molecule has 1 fully saturated rings. The van der Waals surface area contributed by atoms with Crippen LogP contribution in [0.15, 0.2) is 6.33 Å². The van der Waals surface area contributed by atoms with Crippen LogP contribution in [0, 0.1) is 25.2 Å². The van der Waals surface area contributed by atoms with E-state index in [0.717, 1.165) is 41.2 Å². The highest BCUT2D eigenvalue weighted by atomic mass is 32.1. The second-order valence-electron chi connectivity index (χ2n) is 6.05. The van der Waals surface area contributed by atoms with Crippen LogP contribution in [0.4, 0.5) is 0 Å². The van der Waals surface area contributed by atoms with E-state index in [0.29, 0.717) is 5.82 Å². The molecule has 0 aliphatic carbocycles. The molecule has 24 heavy (non-hydrogen) atoms. The summed E-state index contributed by atoms with van der Waals surface area (Å²) in [5, 5.41) is 18.0. The lowest BCUT2D eigenvalue weighted by atomic mass is 10.2. The van der Waals surface area contributed by atoms with Crippen molar-refractivity contribution in [2.45, 2.75) is 33.2 Å². The normalized spacial score (nSPS) is 15.2. The summed E-state index contributed by atoms with van der Waals surface area (Å²) in [6, 6.07) is 2.08. The fourth-order valence-electron chi connectivity index (χ4n) is 3.12. The van der Waals surface area contributed by atoms with Crippen LogP contribution in [0.25, 0.3) is 16.0 Å². The summed E-state index contributed by atoms with van der Waals surface area (Å²) < 4.78 is 1.66. The zero-order valence-corrected chi connectivity index (χ0v) is 14.5. The summed E-state index contributed by atoms with van der Waals surface area (Å²) in [5.41, 5.74) is 1.15. The maximum atomic E-state index is 9.29. The fourth-order valence-corrected chi connectivity index (χ4v) is 4.17. The van der Waals surface area contributed by atoms with Crippen LogP contribution in [-0.4, -0.2) is 42.7 Å². The van der Waals surface area contributed by atoms with Gasteiger partial charge in [0.25, 0.3) is 0 Å². The van der Waals surface area contributed by atoms with Gasteiger partial charge >= 0.3 is 0 Å². The van der Waals surface area contributed by atoms with Crippen LogP contribution in [0.2, 0.25) is 0 Å². The Balaban J connectivity index is 1.90. The van der Waals surface area contributed by atoms with Crippen molar-refractivity contribution < 1.29 is 0 Å². The van der Waals surface area contributed by atoms with Crippen LogP contribution >= 0.6 is 11.3 Å². The third kappa shape index (κ3) is 2.46. The average molecular weight is 339 g/mol. The van der Waals surface area contributed by atoms with Gasteiger partial charge in [0.15, 0.2) is 5.82 Å². The van der Waals surface area contributed by atoms with Gasteiger partial charge in [0.1, 0.15) is 23.1 Å². The van der Waals surface area contributed by atoms with Gasteiger partial charge in [-0.2, -0.15) is 5.26 Å². The summed E-state index contributed by atoms with van der Waals surface area (Å²) >= 11 is 1.67. The third-order valence-electron chi connectivity index (χ3n) is 4.50. The molecule has 0 bridgehead atoms. The van der Waals surface area contributed by atoms with Gasteiger partial charge < -0.3 is 0 Å². The molecule has 0 saturated carbocycles. The standard InChI is InChI=1S/C16H17N7S/c1-10-11(2)24-16-14(10)15(23-9-18-21-13(23)7-17)19-12(20-16)8-22-5-3-4-6-22/h9H,3-6,8H2,1-2H3. The lowest BCUT2D eigenvalue weighted by molar-refractivity contribution is 0.323. The SMILES string of the molecule is Cc1sc2nc(CN3CCCC3)nc(-n3cnnc3C#N)c2c1C. The van der Waals surface area contributed by atoms with Gasteiger partial charge in [0.05, 0.1) is 11.9 Å². The monoisotopic (exact) mass is 339 g/mol. The minimum Gasteiger partial charge on any atom is -0.296 e. The number of hydrogen-bond acceptors (Lipinski definition) is 7. The molecular formula is C16H17N7S. The Kier molecular flexibility index (Phi) is 3.75. The number of nitriles is 1. The van der Waals surface area contributed by atoms with Crippen LogP contribution in [0.3, 0.4) is 0 Å². The highest BCUT2D eigenvalue weighted by molar-refractivity contribution is 7.18. The van der Waals surface area contributed by atoms with Gasteiger partial charge in [-0.3, -0.25) is 9.47 Å². The Morgan fingerprint density at radius 1 is 1.25 bits per heavy atom. The first-order valence-electron chi connectivity index (χ1n) is 7.97. The van der Waals surface area contributed by atoms with Gasteiger partial charge in [0.2, 0.25) is 5.82 Å². The summed E-state index contributed by atoms with van der Waals surface area (Å²) in [4.78, 5) is 14.1. The Bertz CT molecular complexity index is 943. The third-order valence-corrected chi connectivity index (χ3v) is 5.60. The molecule has 122 valence electrons. The quantitative estimate of drug-likeness (QED) is 0.728. The summed E-state index contributed by atoms with van der Waals surface area (Å²) in [5.74, 6) is 1.74. The van der Waals surface area contributed by atoms with Crippen LogP contribution in [0.1, 0.15) is 34.9 Å². The van der Waals surface area contributed by atoms with Crippen molar-refractivity contribution in [3.63, 3.8) is 0 Å². The first kappa shape index (κ1) is 15.2. The van der Waals surface area contributed by atoms with E-state index in [1.807, 2.05) is 0 Å². The largest absolute Gasteiger partial charge is 0.296 e. The predicted octanol–water partition coefficient (Wildman–Crippen LogP) is 2.36. The number of hydrogen-bond donors (Lipinski definition) is 0. The molecule has 4 heterocycles. The molecule has 3 aromatic rings. The Morgan fingerprint density at radius 3 is 2.79 bits per heavy atom. The summed E-state index contributed by atoms with van der Waals surface area (Å²) in [7, 11) is 0. The smallest absolute Gasteiger partial charge is 0.240 e. The predicted molar refractivity (Wildman–Crippen MR) is 91.0 cm³/mol. The van der Waals surface area contributed by atoms with Crippen molar-refractivity contribution in [3.8, 4) is 11.9 Å². The first-order chi connectivity index (χ1) is 11.7. The number of aryl methyl sites for hydroxylation is 2. The Morgan fingerprint density at radius 2 is 2.04 bits per heavy atom. The lowest BCUT2D eigenvalue weighted by Crippen LogP contribution is -2.20. The van der Waals surface area contributed by atoms with Gasteiger partial charge in [-0.1, -0.05) is 0 Å². The van der Waals surface area contributed by atoms with E-state index in [1.165, 1.54) is 17.7 Å². The van der Waals surface area contributed by atoms with Crippen molar-refractivity contribution in [2.24, 2.45) is 0 Å². The fraction of sp³-hybridized carbons (Fsp3) is 0.438. The van der Waals surface area contributed by atoms with E-state index >= 15 is 0 Å². The van der Waals surface area contributed by atoms with Gasteiger partial charge in [0, 0.05) is 4.88 Å². The zero-order chi connectivity index (χ0) is 16.7. The van der Waals surface area contributed by atoms with Crippen molar-refractivity contribution in [2.75, 3.05) is 13.1 Å². The molecule has 4 rings (SSSR count). The molecule has 0 N–H and O–H groups in total. The van der Waals surface area contributed by atoms with Gasteiger partial charge in [-0.05, 0) is 45.3 Å². The van der Waals surface area contributed by atoms with E-state index in [9.17, 15) is 5.26 Å². The van der Waals surface area contributed by atoms with Crippen molar-refractivity contribution in [1.82, 2.24) is 29.6 Å². The molecule has 3 aromatic heterocycles. The number of likely N-dealkylation sites (tertiary alicyclic amines) is 1. The zero-order valence-electron chi connectivity index (χ0n) is 13.7. The molecule has 1 aliphatic rings. The minimum absolute atomic E-state index is 0.241. The van der Waals surface area contributed by atoms with Gasteiger partial charge in [-0.15, -0.1) is 21.5 Å². The van der Waals surface area contributed by atoms with Crippen molar-refractivity contribution in [3.05, 3.63) is 28.4 Å². The minimum atomic E-state index is 0.241. The number of thiophene rings is 1. The van der Waals surface area contributed by atoms with E-state index in [2.05, 4.69) is 35.0 Å². The molecular weight excluding hydrogens is 322 g/mol. The van der Waals surface area contributed by atoms with E-state index in [4.69, 9.17) is 9.97 Å². The average Bonchev–Trinajstić information content (AvgIpc) is 3.29. The molecule has 1 aliphatic heterocycles. The molecule has 0 atom stereocenters. The molecule has 8 heteroatoms. The second-order valence-corrected chi connectivity index (χ2v) is 7.25. The van der Waals surface area contributed by atoms with Crippen LogP contribution in [-0.2, 0) is 6.54 Å². The topological polar surface area (TPSA) is 83.5 Å². The van der Waals surface area contributed by atoms with E-state index in [1.54, 1.807) is 22.2 Å². The molecule has 0 unspecified atom stereocenters. The highest BCUT2D eigenvalue weighted by Crippen LogP contribution is 2.33. The highest BCUT2D eigenvalue weighted by Gasteiger charge is 2.20. The second kappa shape index (κ2) is 5.92. The molecule has 0 amide bonds. The molecule has 0 spiro atoms. The Hall–Kier alpha value is -2.37. The molecule has 0 aromatic carbocycles. The maximum Gasteiger partial charge on any atom is 0.240 e. The number of nitrogens with zero attached hydrogens (tertiary/aromatic N) is 7. The molecule has 0 radical (unpaired) electrons. The number of rotatable bonds is 3. The summed E-state index contributed by atoms with van der Waals surface area (Å²) in [6.07, 6.45) is 4.01. The Labute approximate surface area is 143 Å². The van der Waals surface area contributed by atoms with Crippen molar-refractivity contribution in [1.29, 1.82) is 5.26 Å². The number of aromatic nitrogens is 5. The first-order valence-corrected chi connectivity index (χ1v) is 8.78. The van der Waals surface area contributed by atoms with E-state index < -0.39 is 0 Å². The summed E-state index contributed by atoms with van der Waals surface area (Å²) in [6.45, 7) is 7.08. The molecule has 1 saturated heterocycles. The van der Waals surface area contributed by atoms with Crippen LogP contribution in [0.5, 0.6) is 0 Å².